The Morgan fingerprint density at radius 1 is 0.778 bits per heavy atom. The van der Waals surface area contributed by atoms with Gasteiger partial charge < -0.3 is 0 Å². The molecule has 0 nitrogen and oxygen atoms in total. The van der Waals surface area contributed by atoms with E-state index in [9.17, 15) is 0 Å². The molecule has 1 unspecified atom stereocenters. The van der Waals surface area contributed by atoms with E-state index in [1.807, 2.05) is 0 Å². The summed E-state index contributed by atoms with van der Waals surface area (Å²) in [7, 11) is 0. The molecule has 102 valence electrons. The standard InChI is InChI=1S/C17H27Cl/c1-10(2)13(7)17-15(11(3)4)8-14(18)9-16(17)12(5)6/h8-13H,1-7H3. The molecule has 0 aromatic heterocycles. The number of hydrogen-bond donors (Lipinski definition) is 0. The molecule has 0 aliphatic rings. The first-order chi connectivity index (χ1) is 8.25. The summed E-state index contributed by atoms with van der Waals surface area (Å²) in [5, 5.41) is 0.877. The Morgan fingerprint density at radius 2 is 1.17 bits per heavy atom. The summed E-state index contributed by atoms with van der Waals surface area (Å²) in [6.45, 7) is 16.0. The second-order valence-electron chi connectivity index (χ2n) is 6.34. The normalized spacial score (nSPS) is 13.7. The molecule has 0 aliphatic heterocycles. The highest BCUT2D eigenvalue weighted by Gasteiger charge is 2.21. The Kier molecular flexibility index (Phi) is 5.28. The van der Waals surface area contributed by atoms with Crippen molar-refractivity contribution in [1.82, 2.24) is 0 Å². The Bertz CT molecular complexity index is 373. The van der Waals surface area contributed by atoms with Gasteiger partial charge in [0.05, 0.1) is 0 Å². The summed E-state index contributed by atoms with van der Waals surface area (Å²) < 4.78 is 0. The number of halogens is 1. The van der Waals surface area contributed by atoms with Crippen LogP contribution in [0.3, 0.4) is 0 Å². The molecule has 0 bridgehead atoms. The van der Waals surface area contributed by atoms with E-state index >= 15 is 0 Å². The first kappa shape index (κ1) is 15.6. The van der Waals surface area contributed by atoms with Gasteiger partial charge in [0, 0.05) is 5.02 Å². The molecule has 0 saturated heterocycles. The number of rotatable bonds is 4. The van der Waals surface area contributed by atoms with Crippen molar-refractivity contribution in [3.05, 3.63) is 33.8 Å². The fraction of sp³-hybridized carbons (Fsp3) is 0.647. The Balaban J connectivity index is 3.50. The summed E-state index contributed by atoms with van der Waals surface area (Å²) in [6.07, 6.45) is 0. The van der Waals surface area contributed by atoms with Crippen LogP contribution >= 0.6 is 11.6 Å². The zero-order chi connectivity index (χ0) is 14.0. The SMILES string of the molecule is CC(C)c1cc(Cl)cc(C(C)C)c1C(C)C(C)C. The van der Waals surface area contributed by atoms with Crippen molar-refractivity contribution in [2.45, 2.75) is 66.2 Å². The van der Waals surface area contributed by atoms with Crippen LogP contribution in [-0.2, 0) is 0 Å². The van der Waals surface area contributed by atoms with Gasteiger partial charge in [-0.3, -0.25) is 0 Å². The Labute approximate surface area is 118 Å². The minimum absolute atomic E-state index is 0.525. The van der Waals surface area contributed by atoms with Crippen LogP contribution in [0.5, 0.6) is 0 Å². The van der Waals surface area contributed by atoms with Crippen molar-refractivity contribution in [1.29, 1.82) is 0 Å². The monoisotopic (exact) mass is 266 g/mol. The van der Waals surface area contributed by atoms with Crippen LogP contribution in [0.15, 0.2) is 12.1 Å². The zero-order valence-corrected chi connectivity index (χ0v) is 13.6. The molecule has 0 radical (unpaired) electrons. The lowest BCUT2D eigenvalue weighted by Gasteiger charge is -2.27. The number of benzene rings is 1. The number of hydrogen-bond acceptors (Lipinski definition) is 0. The van der Waals surface area contributed by atoms with Gasteiger partial charge in [0.25, 0.3) is 0 Å². The molecule has 1 aromatic rings. The van der Waals surface area contributed by atoms with Gasteiger partial charge in [-0.25, -0.2) is 0 Å². The highest BCUT2D eigenvalue weighted by atomic mass is 35.5. The van der Waals surface area contributed by atoms with Gasteiger partial charge in [-0.2, -0.15) is 0 Å². The Morgan fingerprint density at radius 3 is 1.44 bits per heavy atom. The minimum atomic E-state index is 0.525. The van der Waals surface area contributed by atoms with Crippen LogP contribution in [0.4, 0.5) is 0 Å². The average molecular weight is 267 g/mol. The molecule has 18 heavy (non-hydrogen) atoms. The molecule has 1 rings (SSSR count). The summed E-state index contributed by atoms with van der Waals surface area (Å²) >= 11 is 6.29. The van der Waals surface area contributed by atoms with E-state index in [2.05, 4.69) is 60.6 Å². The fourth-order valence-electron chi connectivity index (χ4n) is 2.48. The molecule has 0 N–H and O–H groups in total. The lowest BCUT2D eigenvalue weighted by molar-refractivity contribution is 0.522. The molecule has 0 heterocycles. The topological polar surface area (TPSA) is 0 Å². The van der Waals surface area contributed by atoms with Crippen molar-refractivity contribution in [3.63, 3.8) is 0 Å². The van der Waals surface area contributed by atoms with E-state index in [1.165, 1.54) is 16.7 Å². The van der Waals surface area contributed by atoms with Crippen LogP contribution in [0, 0.1) is 5.92 Å². The Hall–Kier alpha value is -0.490. The third kappa shape index (κ3) is 3.29. The molecule has 1 atom stereocenters. The van der Waals surface area contributed by atoms with Crippen LogP contribution < -0.4 is 0 Å². The lowest BCUT2D eigenvalue weighted by atomic mass is 9.78. The van der Waals surface area contributed by atoms with Crippen molar-refractivity contribution in [2.24, 2.45) is 5.92 Å². The molecule has 1 aromatic carbocycles. The van der Waals surface area contributed by atoms with Crippen molar-refractivity contribution >= 4 is 11.6 Å². The van der Waals surface area contributed by atoms with E-state index in [4.69, 9.17) is 11.6 Å². The van der Waals surface area contributed by atoms with E-state index < -0.39 is 0 Å². The molecule has 1 heteroatoms. The quantitative estimate of drug-likeness (QED) is 0.596. The summed E-state index contributed by atoms with van der Waals surface area (Å²) in [5.41, 5.74) is 4.37. The summed E-state index contributed by atoms with van der Waals surface area (Å²) in [4.78, 5) is 0. The average Bonchev–Trinajstić information content (AvgIpc) is 2.26. The third-order valence-electron chi connectivity index (χ3n) is 3.91. The lowest BCUT2D eigenvalue weighted by Crippen LogP contribution is -2.11. The first-order valence-corrected chi connectivity index (χ1v) is 7.46. The fourth-order valence-corrected chi connectivity index (χ4v) is 2.71. The van der Waals surface area contributed by atoms with Crippen LogP contribution in [0.1, 0.15) is 82.9 Å². The molecule has 0 aliphatic carbocycles. The predicted molar refractivity (Wildman–Crippen MR) is 82.9 cm³/mol. The molecule has 0 fully saturated rings. The van der Waals surface area contributed by atoms with E-state index in [-0.39, 0.29) is 0 Å². The maximum absolute atomic E-state index is 6.29. The predicted octanol–water partition coefficient (Wildman–Crippen LogP) is 6.35. The van der Waals surface area contributed by atoms with Gasteiger partial charge in [-0.05, 0) is 52.5 Å². The molecule has 0 amide bonds. The van der Waals surface area contributed by atoms with E-state index in [0.29, 0.717) is 23.7 Å². The molecule has 0 saturated carbocycles. The van der Waals surface area contributed by atoms with Crippen molar-refractivity contribution < 1.29 is 0 Å². The van der Waals surface area contributed by atoms with Crippen LogP contribution in [-0.4, -0.2) is 0 Å². The van der Waals surface area contributed by atoms with Gasteiger partial charge in [0.15, 0.2) is 0 Å². The maximum atomic E-state index is 6.29. The van der Waals surface area contributed by atoms with Crippen molar-refractivity contribution in [2.75, 3.05) is 0 Å². The molecular formula is C17H27Cl. The third-order valence-corrected chi connectivity index (χ3v) is 4.13. The summed E-state index contributed by atoms with van der Waals surface area (Å²) in [5.74, 6) is 2.29. The van der Waals surface area contributed by atoms with Gasteiger partial charge in [-0.1, -0.05) is 60.1 Å². The van der Waals surface area contributed by atoms with Crippen LogP contribution in [0.2, 0.25) is 5.02 Å². The maximum Gasteiger partial charge on any atom is 0.0411 e. The first-order valence-electron chi connectivity index (χ1n) is 7.08. The van der Waals surface area contributed by atoms with Gasteiger partial charge in [0.1, 0.15) is 0 Å². The second kappa shape index (κ2) is 6.10. The second-order valence-corrected chi connectivity index (χ2v) is 6.78. The van der Waals surface area contributed by atoms with Gasteiger partial charge in [-0.15, -0.1) is 0 Å². The highest BCUT2D eigenvalue weighted by molar-refractivity contribution is 6.30. The van der Waals surface area contributed by atoms with E-state index in [1.54, 1.807) is 0 Å². The van der Waals surface area contributed by atoms with Gasteiger partial charge in [0.2, 0.25) is 0 Å². The van der Waals surface area contributed by atoms with E-state index in [0.717, 1.165) is 5.02 Å². The zero-order valence-electron chi connectivity index (χ0n) is 12.8. The highest BCUT2D eigenvalue weighted by Crippen LogP contribution is 2.38. The summed E-state index contributed by atoms with van der Waals surface area (Å²) in [6, 6.07) is 4.32. The van der Waals surface area contributed by atoms with Gasteiger partial charge >= 0.3 is 0 Å². The van der Waals surface area contributed by atoms with Crippen molar-refractivity contribution in [3.8, 4) is 0 Å². The largest absolute Gasteiger partial charge is 0.0843 e. The molecule has 0 spiro atoms. The minimum Gasteiger partial charge on any atom is -0.0843 e. The smallest absolute Gasteiger partial charge is 0.0411 e. The molecular weight excluding hydrogens is 240 g/mol. The van der Waals surface area contributed by atoms with Crippen LogP contribution in [0.25, 0.3) is 0 Å².